The first-order chi connectivity index (χ1) is 13.0. The molecule has 4 rings (SSSR count). The van der Waals surface area contributed by atoms with Gasteiger partial charge in [-0.2, -0.15) is 4.98 Å². The predicted octanol–water partition coefficient (Wildman–Crippen LogP) is 4.64. The summed E-state index contributed by atoms with van der Waals surface area (Å²) in [7, 11) is 0. The van der Waals surface area contributed by atoms with Crippen LogP contribution in [0.2, 0.25) is 0 Å². The minimum absolute atomic E-state index is 0.0325. The number of benzene rings is 2. The molecule has 0 aliphatic carbocycles. The van der Waals surface area contributed by atoms with Gasteiger partial charge in [0.15, 0.2) is 0 Å². The van der Waals surface area contributed by atoms with Crippen LogP contribution in [0.5, 0.6) is 0 Å². The minimum atomic E-state index is -0.162. The summed E-state index contributed by atoms with van der Waals surface area (Å²) in [6.45, 7) is 6.76. The number of hydrogen-bond acceptors (Lipinski definition) is 4. The third-order valence-electron chi connectivity index (χ3n) is 5.16. The summed E-state index contributed by atoms with van der Waals surface area (Å²) in [4.78, 5) is 19.6. The van der Waals surface area contributed by atoms with Crippen molar-refractivity contribution in [1.82, 2.24) is 15.0 Å². The van der Waals surface area contributed by atoms with E-state index in [1.807, 2.05) is 68.1 Å². The molecule has 2 aromatic carbocycles. The summed E-state index contributed by atoms with van der Waals surface area (Å²) >= 11 is 0. The number of rotatable bonds is 3. The maximum Gasteiger partial charge on any atom is 0.254 e. The van der Waals surface area contributed by atoms with E-state index in [1.165, 1.54) is 5.56 Å². The van der Waals surface area contributed by atoms with Crippen LogP contribution in [0.3, 0.4) is 0 Å². The van der Waals surface area contributed by atoms with Gasteiger partial charge in [0.2, 0.25) is 11.7 Å². The van der Waals surface area contributed by atoms with Gasteiger partial charge in [-0.3, -0.25) is 4.79 Å². The lowest BCUT2D eigenvalue weighted by Crippen LogP contribution is -2.31. The molecule has 1 aromatic heterocycles. The van der Waals surface area contributed by atoms with Gasteiger partial charge in [0.25, 0.3) is 5.91 Å². The molecule has 1 saturated heterocycles. The lowest BCUT2D eigenvalue weighted by atomic mass is 10.0. The van der Waals surface area contributed by atoms with Gasteiger partial charge in [-0.25, -0.2) is 0 Å². The van der Waals surface area contributed by atoms with Crippen molar-refractivity contribution in [2.45, 2.75) is 39.7 Å². The Kier molecular flexibility index (Phi) is 4.52. The second kappa shape index (κ2) is 6.99. The standard InChI is InChI=1S/C22H23N3O2/c1-14-6-9-17(10-7-14)20-23-21(27-24-20)19-5-4-12-25(19)22(26)18-11-8-15(2)13-16(18)3/h6-11,13,19H,4-5,12H2,1-3H3/t19-/m0/s1. The second-order valence-corrected chi connectivity index (χ2v) is 7.30. The quantitative estimate of drug-likeness (QED) is 0.682. The number of aromatic nitrogens is 2. The molecule has 0 spiro atoms. The van der Waals surface area contributed by atoms with E-state index >= 15 is 0 Å². The number of aryl methyl sites for hydroxylation is 3. The molecule has 0 unspecified atom stereocenters. The van der Waals surface area contributed by atoms with Crippen LogP contribution in [0.25, 0.3) is 11.4 Å². The molecule has 2 heterocycles. The number of hydrogen-bond donors (Lipinski definition) is 0. The number of nitrogens with zero attached hydrogens (tertiary/aromatic N) is 3. The number of carbonyl (C=O) groups excluding carboxylic acids is 1. The second-order valence-electron chi connectivity index (χ2n) is 7.30. The first-order valence-electron chi connectivity index (χ1n) is 9.32. The van der Waals surface area contributed by atoms with E-state index in [1.54, 1.807) is 0 Å². The molecule has 1 atom stereocenters. The normalized spacial score (nSPS) is 16.7. The van der Waals surface area contributed by atoms with Crippen LogP contribution in [0, 0.1) is 20.8 Å². The van der Waals surface area contributed by atoms with Crippen LogP contribution >= 0.6 is 0 Å². The van der Waals surface area contributed by atoms with E-state index in [0.29, 0.717) is 18.3 Å². The zero-order valence-corrected chi connectivity index (χ0v) is 15.9. The summed E-state index contributed by atoms with van der Waals surface area (Å²) in [6.07, 6.45) is 1.77. The molecule has 5 heteroatoms. The van der Waals surface area contributed by atoms with Gasteiger partial charge in [0, 0.05) is 17.7 Å². The fraction of sp³-hybridized carbons (Fsp3) is 0.318. The Labute approximate surface area is 159 Å². The average molecular weight is 361 g/mol. The van der Waals surface area contributed by atoms with Crippen LogP contribution < -0.4 is 0 Å². The Morgan fingerprint density at radius 3 is 2.56 bits per heavy atom. The molecule has 1 aliphatic heterocycles. The molecule has 27 heavy (non-hydrogen) atoms. The van der Waals surface area contributed by atoms with E-state index in [4.69, 9.17) is 4.52 Å². The first kappa shape index (κ1) is 17.5. The molecule has 0 bridgehead atoms. The number of carbonyl (C=O) groups is 1. The molecular weight excluding hydrogens is 338 g/mol. The van der Waals surface area contributed by atoms with Crippen LogP contribution in [0.1, 0.15) is 51.8 Å². The summed E-state index contributed by atoms with van der Waals surface area (Å²) in [5, 5.41) is 4.13. The highest BCUT2D eigenvalue weighted by Gasteiger charge is 2.35. The Bertz CT molecular complexity index is 975. The highest BCUT2D eigenvalue weighted by Crippen LogP contribution is 2.33. The monoisotopic (exact) mass is 361 g/mol. The molecule has 0 saturated carbocycles. The van der Waals surface area contributed by atoms with Gasteiger partial charge >= 0.3 is 0 Å². The van der Waals surface area contributed by atoms with Crippen LogP contribution in [-0.4, -0.2) is 27.5 Å². The van der Waals surface area contributed by atoms with Crippen LogP contribution in [0.4, 0.5) is 0 Å². The first-order valence-corrected chi connectivity index (χ1v) is 9.32. The van der Waals surface area contributed by atoms with E-state index in [0.717, 1.165) is 35.1 Å². The maximum absolute atomic E-state index is 13.1. The largest absolute Gasteiger partial charge is 0.337 e. The van der Waals surface area contributed by atoms with Gasteiger partial charge < -0.3 is 9.42 Å². The van der Waals surface area contributed by atoms with Crippen LogP contribution in [-0.2, 0) is 0 Å². The van der Waals surface area contributed by atoms with E-state index in [9.17, 15) is 4.79 Å². The van der Waals surface area contributed by atoms with Crippen molar-refractivity contribution < 1.29 is 9.32 Å². The van der Waals surface area contributed by atoms with Crippen molar-refractivity contribution in [2.24, 2.45) is 0 Å². The highest BCUT2D eigenvalue weighted by molar-refractivity contribution is 5.96. The fourth-order valence-corrected chi connectivity index (χ4v) is 3.67. The zero-order valence-electron chi connectivity index (χ0n) is 15.9. The highest BCUT2D eigenvalue weighted by atomic mass is 16.5. The third kappa shape index (κ3) is 3.37. The number of likely N-dealkylation sites (tertiary alicyclic amines) is 1. The Morgan fingerprint density at radius 1 is 1.07 bits per heavy atom. The molecule has 1 fully saturated rings. The smallest absolute Gasteiger partial charge is 0.254 e. The maximum atomic E-state index is 13.1. The minimum Gasteiger partial charge on any atom is -0.337 e. The average Bonchev–Trinajstić information content (AvgIpc) is 3.31. The SMILES string of the molecule is Cc1ccc(-c2noc([C@@H]3CCCN3C(=O)c3ccc(C)cc3C)n2)cc1. The topological polar surface area (TPSA) is 59.2 Å². The van der Waals surface area contributed by atoms with Crippen molar-refractivity contribution in [3.05, 3.63) is 70.6 Å². The molecule has 0 radical (unpaired) electrons. The predicted molar refractivity (Wildman–Crippen MR) is 103 cm³/mol. The van der Waals surface area contributed by atoms with Crippen LogP contribution in [0.15, 0.2) is 47.0 Å². The van der Waals surface area contributed by atoms with Crippen molar-refractivity contribution >= 4 is 5.91 Å². The summed E-state index contributed by atoms with van der Waals surface area (Å²) in [6, 6.07) is 13.8. The lowest BCUT2D eigenvalue weighted by molar-refractivity contribution is 0.0709. The van der Waals surface area contributed by atoms with E-state index in [2.05, 4.69) is 10.1 Å². The third-order valence-corrected chi connectivity index (χ3v) is 5.16. The zero-order chi connectivity index (χ0) is 19.0. The van der Waals surface area contributed by atoms with E-state index < -0.39 is 0 Å². The molecule has 1 aliphatic rings. The van der Waals surface area contributed by atoms with Crippen molar-refractivity contribution in [3.8, 4) is 11.4 Å². The van der Waals surface area contributed by atoms with Crippen molar-refractivity contribution in [3.63, 3.8) is 0 Å². The van der Waals surface area contributed by atoms with Gasteiger partial charge in [0.05, 0.1) is 0 Å². The van der Waals surface area contributed by atoms with Gasteiger partial charge in [0.1, 0.15) is 6.04 Å². The van der Waals surface area contributed by atoms with E-state index in [-0.39, 0.29) is 11.9 Å². The van der Waals surface area contributed by atoms with Crippen molar-refractivity contribution in [1.29, 1.82) is 0 Å². The summed E-state index contributed by atoms with van der Waals surface area (Å²) < 4.78 is 5.54. The fourth-order valence-electron chi connectivity index (χ4n) is 3.67. The molecule has 0 N–H and O–H groups in total. The molecule has 1 amide bonds. The molecular formula is C22H23N3O2. The van der Waals surface area contributed by atoms with Gasteiger partial charge in [-0.05, 0) is 45.2 Å². The van der Waals surface area contributed by atoms with Gasteiger partial charge in [-0.1, -0.05) is 52.7 Å². The molecule has 5 nitrogen and oxygen atoms in total. The Balaban J connectivity index is 1.60. The van der Waals surface area contributed by atoms with Gasteiger partial charge in [-0.15, -0.1) is 0 Å². The lowest BCUT2D eigenvalue weighted by Gasteiger charge is -2.22. The molecule has 3 aromatic rings. The summed E-state index contributed by atoms with van der Waals surface area (Å²) in [5.41, 5.74) is 4.99. The molecule has 138 valence electrons. The Hall–Kier alpha value is -2.95. The summed E-state index contributed by atoms with van der Waals surface area (Å²) in [5.74, 6) is 1.11. The van der Waals surface area contributed by atoms with Crippen molar-refractivity contribution in [2.75, 3.05) is 6.54 Å². The number of amides is 1. The Morgan fingerprint density at radius 2 is 1.81 bits per heavy atom.